The van der Waals surface area contributed by atoms with Crippen LogP contribution in [0.4, 0.5) is 5.69 Å². The summed E-state index contributed by atoms with van der Waals surface area (Å²) in [6.45, 7) is 3.39. The minimum Gasteiger partial charge on any atom is -0.478 e. The highest BCUT2D eigenvalue weighted by atomic mass is 35.5. The SMILES string of the molecule is O=C(CN1CCNCC1)Nc1c(Cl)cc(Cl)cc1C(=O)O. The number of amides is 1. The van der Waals surface area contributed by atoms with Crippen molar-refractivity contribution in [2.24, 2.45) is 0 Å². The van der Waals surface area contributed by atoms with Crippen LogP contribution in [-0.2, 0) is 4.79 Å². The number of hydrogen-bond donors (Lipinski definition) is 3. The van der Waals surface area contributed by atoms with E-state index in [9.17, 15) is 9.59 Å². The molecule has 1 amide bonds. The highest BCUT2D eigenvalue weighted by Crippen LogP contribution is 2.30. The largest absolute Gasteiger partial charge is 0.478 e. The fourth-order valence-electron chi connectivity index (χ4n) is 2.12. The number of carbonyl (C=O) groups is 2. The number of benzene rings is 1. The number of carboxylic acids is 1. The van der Waals surface area contributed by atoms with Crippen LogP contribution in [0.15, 0.2) is 12.1 Å². The molecular formula is C13H15Cl2N3O3. The molecule has 0 bridgehead atoms. The molecule has 0 spiro atoms. The Bertz CT molecular complexity index is 560. The molecule has 1 aromatic carbocycles. The summed E-state index contributed by atoms with van der Waals surface area (Å²) in [4.78, 5) is 25.2. The van der Waals surface area contributed by atoms with Crippen molar-refractivity contribution in [3.8, 4) is 0 Å². The van der Waals surface area contributed by atoms with Crippen LogP contribution in [0, 0.1) is 0 Å². The van der Waals surface area contributed by atoms with E-state index in [0.29, 0.717) is 0 Å². The summed E-state index contributed by atoms with van der Waals surface area (Å²) in [5.74, 6) is -1.50. The van der Waals surface area contributed by atoms with E-state index < -0.39 is 5.97 Å². The maximum absolute atomic E-state index is 12.0. The van der Waals surface area contributed by atoms with E-state index in [-0.39, 0.29) is 33.7 Å². The number of rotatable bonds is 4. The first-order valence-corrected chi connectivity index (χ1v) is 7.18. The van der Waals surface area contributed by atoms with Crippen molar-refractivity contribution < 1.29 is 14.7 Å². The van der Waals surface area contributed by atoms with Gasteiger partial charge in [-0.1, -0.05) is 23.2 Å². The molecule has 0 aromatic heterocycles. The lowest BCUT2D eigenvalue weighted by atomic mass is 10.1. The smallest absolute Gasteiger partial charge is 0.337 e. The number of hydrogen-bond acceptors (Lipinski definition) is 4. The molecule has 0 atom stereocenters. The number of anilines is 1. The fraction of sp³-hybridized carbons (Fsp3) is 0.385. The molecule has 1 aromatic rings. The van der Waals surface area contributed by atoms with Crippen molar-refractivity contribution in [3.63, 3.8) is 0 Å². The van der Waals surface area contributed by atoms with E-state index in [4.69, 9.17) is 28.3 Å². The molecule has 1 aliphatic rings. The summed E-state index contributed by atoms with van der Waals surface area (Å²) in [7, 11) is 0. The minimum absolute atomic E-state index is 0.0775. The van der Waals surface area contributed by atoms with Crippen LogP contribution in [0.3, 0.4) is 0 Å². The first kappa shape index (κ1) is 16.0. The summed E-state index contributed by atoms with van der Waals surface area (Å²) in [6.07, 6.45) is 0. The Kier molecular flexibility index (Phi) is 5.41. The third-order valence-electron chi connectivity index (χ3n) is 3.13. The molecule has 0 aliphatic carbocycles. The van der Waals surface area contributed by atoms with E-state index in [1.165, 1.54) is 12.1 Å². The number of piperazine rings is 1. The molecule has 1 heterocycles. The predicted molar refractivity (Wildman–Crippen MR) is 81.4 cm³/mol. The Hall–Kier alpha value is -1.34. The van der Waals surface area contributed by atoms with Gasteiger partial charge in [0.25, 0.3) is 0 Å². The van der Waals surface area contributed by atoms with E-state index in [2.05, 4.69) is 10.6 Å². The molecule has 6 nitrogen and oxygen atoms in total. The zero-order chi connectivity index (χ0) is 15.4. The first-order valence-electron chi connectivity index (χ1n) is 6.42. The lowest BCUT2D eigenvalue weighted by Gasteiger charge is -2.26. The van der Waals surface area contributed by atoms with Crippen LogP contribution in [-0.4, -0.2) is 54.6 Å². The number of carbonyl (C=O) groups excluding carboxylic acids is 1. The van der Waals surface area contributed by atoms with Gasteiger partial charge >= 0.3 is 5.97 Å². The van der Waals surface area contributed by atoms with Crippen LogP contribution in [0.2, 0.25) is 10.0 Å². The van der Waals surface area contributed by atoms with Crippen LogP contribution in [0.25, 0.3) is 0 Å². The van der Waals surface area contributed by atoms with Crippen molar-refractivity contribution >= 4 is 40.8 Å². The summed E-state index contributed by atoms with van der Waals surface area (Å²) < 4.78 is 0. The van der Waals surface area contributed by atoms with Gasteiger partial charge in [-0.05, 0) is 12.1 Å². The van der Waals surface area contributed by atoms with Gasteiger partial charge < -0.3 is 15.7 Å². The van der Waals surface area contributed by atoms with Crippen molar-refractivity contribution in [3.05, 3.63) is 27.7 Å². The van der Waals surface area contributed by atoms with Crippen LogP contribution < -0.4 is 10.6 Å². The standard InChI is InChI=1S/C13H15Cl2N3O3/c14-8-5-9(13(20)21)12(10(15)6-8)17-11(19)7-18-3-1-16-2-4-18/h5-6,16H,1-4,7H2,(H,17,19)(H,20,21). The molecule has 0 radical (unpaired) electrons. The molecule has 3 N–H and O–H groups in total. The maximum Gasteiger partial charge on any atom is 0.337 e. The number of nitrogens with zero attached hydrogens (tertiary/aromatic N) is 1. The maximum atomic E-state index is 12.0. The molecule has 2 rings (SSSR count). The molecule has 0 unspecified atom stereocenters. The van der Waals surface area contributed by atoms with Gasteiger partial charge in [-0.3, -0.25) is 9.69 Å². The highest BCUT2D eigenvalue weighted by molar-refractivity contribution is 6.37. The molecule has 1 saturated heterocycles. The van der Waals surface area contributed by atoms with Crippen molar-refractivity contribution in [1.82, 2.24) is 10.2 Å². The summed E-state index contributed by atoms with van der Waals surface area (Å²) in [5, 5.41) is 15.2. The first-order chi connectivity index (χ1) is 9.97. The second-order valence-electron chi connectivity index (χ2n) is 4.69. The minimum atomic E-state index is -1.20. The Labute approximate surface area is 132 Å². The number of halogens is 2. The molecule has 21 heavy (non-hydrogen) atoms. The molecule has 8 heteroatoms. The van der Waals surface area contributed by atoms with Gasteiger partial charge in [0, 0.05) is 31.2 Å². The number of nitrogens with one attached hydrogen (secondary N) is 2. The lowest BCUT2D eigenvalue weighted by molar-refractivity contribution is -0.117. The lowest BCUT2D eigenvalue weighted by Crippen LogP contribution is -2.46. The van der Waals surface area contributed by atoms with Gasteiger partial charge in [-0.15, -0.1) is 0 Å². The zero-order valence-corrected chi connectivity index (χ0v) is 12.7. The van der Waals surface area contributed by atoms with Gasteiger partial charge in [0.15, 0.2) is 0 Å². The molecule has 114 valence electrons. The third-order valence-corrected chi connectivity index (χ3v) is 3.64. The third kappa shape index (κ3) is 4.31. The zero-order valence-electron chi connectivity index (χ0n) is 11.2. The van der Waals surface area contributed by atoms with Crippen LogP contribution in [0.1, 0.15) is 10.4 Å². The number of carboxylic acid groups (broad SMARTS) is 1. The van der Waals surface area contributed by atoms with E-state index >= 15 is 0 Å². The molecule has 0 saturated carbocycles. The topological polar surface area (TPSA) is 81.7 Å². The summed E-state index contributed by atoms with van der Waals surface area (Å²) in [6, 6.07) is 2.66. The Morgan fingerprint density at radius 2 is 1.95 bits per heavy atom. The van der Waals surface area contributed by atoms with Crippen molar-refractivity contribution in [2.45, 2.75) is 0 Å². The van der Waals surface area contributed by atoms with Gasteiger partial charge in [0.1, 0.15) is 0 Å². The van der Waals surface area contributed by atoms with E-state index in [1.54, 1.807) is 0 Å². The summed E-state index contributed by atoms with van der Waals surface area (Å²) >= 11 is 11.8. The van der Waals surface area contributed by atoms with Gasteiger partial charge in [-0.2, -0.15) is 0 Å². The molecule has 1 aliphatic heterocycles. The van der Waals surface area contributed by atoms with E-state index in [0.717, 1.165) is 26.2 Å². The molecular weight excluding hydrogens is 317 g/mol. The second kappa shape index (κ2) is 7.09. The Morgan fingerprint density at radius 1 is 1.29 bits per heavy atom. The monoisotopic (exact) mass is 331 g/mol. The van der Waals surface area contributed by atoms with Crippen molar-refractivity contribution in [2.75, 3.05) is 38.0 Å². The van der Waals surface area contributed by atoms with E-state index in [1.807, 2.05) is 4.90 Å². The Balaban J connectivity index is 2.11. The van der Waals surface area contributed by atoms with Crippen LogP contribution in [0.5, 0.6) is 0 Å². The predicted octanol–water partition coefficient (Wildman–Crippen LogP) is 1.54. The average Bonchev–Trinajstić information content (AvgIpc) is 2.42. The van der Waals surface area contributed by atoms with Gasteiger partial charge in [0.2, 0.25) is 5.91 Å². The number of aromatic carboxylic acids is 1. The second-order valence-corrected chi connectivity index (χ2v) is 5.53. The highest BCUT2D eigenvalue weighted by Gasteiger charge is 2.19. The quantitative estimate of drug-likeness (QED) is 0.779. The summed E-state index contributed by atoms with van der Waals surface area (Å²) in [5.41, 5.74) is -0.0464. The Morgan fingerprint density at radius 3 is 2.57 bits per heavy atom. The van der Waals surface area contributed by atoms with Gasteiger partial charge in [-0.25, -0.2) is 4.79 Å². The molecule has 1 fully saturated rings. The fourth-order valence-corrected chi connectivity index (χ4v) is 2.66. The average molecular weight is 332 g/mol. The van der Waals surface area contributed by atoms with Crippen LogP contribution >= 0.6 is 23.2 Å². The van der Waals surface area contributed by atoms with Gasteiger partial charge in [0.05, 0.1) is 22.8 Å². The van der Waals surface area contributed by atoms with Crippen molar-refractivity contribution in [1.29, 1.82) is 0 Å². The normalized spacial score (nSPS) is 15.7.